The van der Waals surface area contributed by atoms with Gasteiger partial charge in [-0.3, -0.25) is 19.3 Å². The normalized spacial score (nSPS) is 11.4. The minimum absolute atomic E-state index is 0.0630. The quantitative estimate of drug-likeness (QED) is 0.266. The van der Waals surface area contributed by atoms with E-state index in [0.717, 1.165) is 16.5 Å². The molecule has 1 unspecified atom stereocenters. The van der Waals surface area contributed by atoms with E-state index in [1.165, 1.54) is 32.4 Å². The summed E-state index contributed by atoms with van der Waals surface area (Å²) in [6, 6.07) is 17.8. The number of nitrogens with two attached hydrogens (primary N) is 2. The first-order valence-electron chi connectivity index (χ1n) is 11.9. The summed E-state index contributed by atoms with van der Waals surface area (Å²) in [6.07, 6.45) is 0. The zero-order chi connectivity index (χ0) is 28.8. The number of hydrogen-bond donors (Lipinski definition) is 3. The largest absolute Gasteiger partial charge is 0.493 e. The van der Waals surface area contributed by atoms with Gasteiger partial charge in [-0.15, -0.1) is 0 Å². The number of amides is 3. The van der Waals surface area contributed by atoms with Gasteiger partial charge in [-0.25, -0.2) is 4.39 Å². The van der Waals surface area contributed by atoms with Crippen molar-refractivity contribution in [2.24, 2.45) is 5.73 Å². The summed E-state index contributed by atoms with van der Waals surface area (Å²) < 4.78 is 29.1. The van der Waals surface area contributed by atoms with E-state index < -0.39 is 29.6 Å². The minimum atomic E-state index is -1.34. The van der Waals surface area contributed by atoms with Gasteiger partial charge in [-0.1, -0.05) is 42.5 Å². The summed E-state index contributed by atoms with van der Waals surface area (Å²) in [5.74, 6) is -2.21. The highest BCUT2D eigenvalue weighted by atomic mass is 32.1. The lowest BCUT2D eigenvalue weighted by atomic mass is 10.0. The first kappa shape index (κ1) is 28.0. The second-order valence-corrected chi connectivity index (χ2v) is 9.29. The number of carbonyl (C=O) groups is 3. The molecule has 4 rings (SSSR count). The van der Waals surface area contributed by atoms with Crippen molar-refractivity contribution in [2.75, 3.05) is 24.9 Å². The number of halogens is 1. The maximum absolute atomic E-state index is 14.5. The third kappa shape index (κ3) is 5.86. The van der Waals surface area contributed by atoms with Crippen molar-refractivity contribution in [3.63, 3.8) is 0 Å². The van der Waals surface area contributed by atoms with Crippen LogP contribution >= 0.6 is 11.5 Å². The molecule has 0 bridgehead atoms. The van der Waals surface area contributed by atoms with E-state index in [2.05, 4.69) is 9.69 Å². The van der Waals surface area contributed by atoms with Crippen LogP contribution in [-0.4, -0.2) is 36.3 Å². The Morgan fingerprint density at radius 2 is 1.73 bits per heavy atom. The zero-order valence-electron chi connectivity index (χ0n) is 21.6. The Kier molecular flexibility index (Phi) is 8.60. The van der Waals surface area contributed by atoms with Crippen molar-refractivity contribution in [1.82, 2.24) is 9.69 Å². The van der Waals surface area contributed by atoms with Crippen LogP contribution in [0.3, 0.4) is 0 Å². The molecular weight excluding hydrogens is 537 g/mol. The number of hydrogen-bond acceptors (Lipinski definition) is 8. The highest BCUT2D eigenvalue weighted by Crippen LogP contribution is 2.37. The monoisotopic (exact) mass is 563 g/mol. The van der Waals surface area contributed by atoms with E-state index in [9.17, 15) is 18.8 Å². The summed E-state index contributed by atoms with van der Waals surface area (Å²) in [5.41, 5.74) is 12.1. The Balaban J connectivity index is 1.88. The molecule has 0 aliphatic carbocycles. The molecule has 0 saturated heterocycles. The number of nitrogens with one attached hydrogen (secondary N) is 1. The number of nitrogens with zero attached hydrogens (tertiary/aromatic N) is 2. The van der Waals surface area contributed by atoms with Crippen LogP contribution in [0.5, 0.6) is 11.5 Å². The average Bonchev–Trinajstić information content (AvgIpc) is 3.35. The SMILES string of the molecule is COc1ccc(C(C(=O)NCc2ccccc2)N(C(=O)c2snc(C(N)=O)c2N)c2cccc(F)c2)cc1OC. The van der Waals surface area contributed by atoms with E-state index in [1.54, 1.807) is 18.2 Å². The lowest BCUT2D eigenvalue weighted by Gasteiger charge is -2.31. The maximum atomic E-state index is 14.5. The average molecular weight is 564 g/mol. The number of primary amides is 1. The summed E-state index contributed by atoms with van der Waals surface area (Å²) >= 11 is 0.651. The summed E-state index contributed by atoms with van der Waals surface area (Å²) in [7, 11) is 2.90. The van der Waals surface area contributed by atoms with Crippen molar-refractivity contribution in [3.05, 3.63) is 100 Å². The van der Waals surface area contributed by atoms with Crippen molar-refractivity contribution in [2.45, 2.75) is 12.6 Å². The second-order valence-electron chi connectivity index (χ2n) is 8.51. The molecule has 40 heavy (non-hydrogen) atoms. The molecule has 0 aliphatic rings. The molecule has 206 valence electrons. The molecule has 10 nitrogen and oxygen atoms in total. The van der Waals surface area contributed by atoms with Crippen LogP contribution in [0.25, 0.3) is 0 Å². The van der Waals surface area contributed by atoms with Crippen LogP contribution in [0.2, 0.25) is 0 Å². The fourth-order valence-corrected chi connectivity index (χ4v) is 4.81. The van der Waals surface area contributed by atoms with Crippen LogP contribution < -0.4 is 31.2 Å². The summed E-state index contributed by atoms with van der Waals surface area (Å²) in [4.78, 5) is 40.7. The number of benzene rings is 3. The van der Waals surface area contributed by atoms with Crippen LogP contribution in [-0.2, 0) is 11.3 Å². The topological polar surface area (TPSA) is 150 Å². The molecule has 1 atom stereocenters. The Bertz CT molecular complexity index is 1550. The molecule has 1 aromatic heterocycles. The Morgan fingerprint density at radius 1 is 1.00 bits per heavy atom. The standard InChI is InChI=1S/C28H26FN5O5S/c1-38-20-12-11-17(13-21(20)39-2)24(27(36)32-15-16-7-4-3-5-8-16)34(19-10-6-9-18(29)14-19)28(37)25-22(30)23(26(31)35)33-40-25/h3-14,24H,15,30H2,1-2H3,(H2,31,35)(H,32,36). The van der Waals surface area contributed by atoms with E-state index in [0.29, 0.717) is 28.6 Å². The second kappa shape index (κ2) is 12.3. The van der Waals surface area contributed by atoms with Crippen molar-refractivity contribution in [1.29, 1.82) is 0 Å². The molecule has 1 heterocycles. The highest BCUT2D eigenvalue weighted by Gasteiger charge is 2.36. The predicted octanol–water partition coefficient (Wildman–Crippen LogP) is 3.69. The van der Waals surface area contributed by atoms with Crippen molar-refractivity contribution >= 4 is 40.6 Å². The predicted molar refractivity (Wildman–Crippen MR) is 149 cm³/mol. The number of aromatic nitrogens is 1. The van der Waals surface area contributed by atoms with Gasteiger partial charge in [0.05, 0.1) is 19.9 Å². The number of anilines is 2. The van der Waals surface area contributed by atoms with E-state index in [1.807, 2.05) is 30.3 Å². The van der Waals surface area contributed by atoms with Gasteiger partial charge < -0.3 is 26.3 Å². The number of nitrogen functional groups attached to an aromatic ring is 1. The van der Waals surface area contributed by atoms with E-state index in [-0.39, 0.29) is 28.5 Å². The smallest absolute Gasteiger partial charge is 0.273 e. The molecule has 3 aromatic carbocycles. The molecular formula is C28H26FN5O5S. The van der Waals surface area contributed by atoms with Crippen LogP contribution in [0.15, 0.2) is 72.8 Å². The fraction of sp³-hybridized carbons (Fsp3) is 0.143. The third-order valence-electron chi connectivity index (χ3n) is 6.00. The lowest BCUT2D eigenvalue weighted by Crippen LogP contribution is -2.44. The molecule has 5 N–H and O–H groups in total. The third-order valence-corrected chi connectivity index (χ3v) is 6.85. The Hall–Kier alpha value is -4.97. The number of methoxy groups -OCH3 is 2. The first-order chi connectivity index (χ1) is 19.2. The molecule has 0 radical (unpaired) electrons. The Labute approximate surface area is 233 Å². The zero-order valence-corrected chi connectivity index (χ0v) is 22.4. The Morgan fingerprint density at radius 3 is 2.35 bits per heavy atom. The molecule has 3 amide bonds. The van der Waals surface area contributed by atoms with Gasteiger partial charge in [-0.2, -0.15) is 4.37 Å². The van der Waals surface area contributed by atoms with Gasteiger partial charge in [0.1, 0.15) is 16.7 Å². The molecule has 12 heteroatoms. The van der Waals surface area contributed by atoms with Crippen LogP contribution in [0.4, 0.5) is 15.8 Å². The van der Waals surface area contributed by atoms with Gasteiger partial charge in [0, 0.05) is 12.2 Å². The number of ether oxygens (including phenoxy) is 2. The lowest BCUT2D eigenvalue weighted by molar-refractivity contribution is -0.122. The summed E-state index contributed by atoms with van der Waals surface area (Å²) in [5, 5.41) is 2.86. The molecule has 4 aromatic rings. The van der Waals surface area contributed by atoms with Gasteiger partial charge in [0.25, 0.3) is 11.8 Å². The number of rotatable bonds is 10. The molecule has 0 spiro atoms. The van der Waals surface area contributed by atoms with E-state index in [4.69, 9.17) is 20.9 Å². The first-order valence-corrected chi connectivity index (χ1v) is 12.7. The number of carbonyl (C=O) groups excluding carboxylic acids is 3. The summed E-state index contributed by atoms with van der Waals surface area (Å²) in [6.45, 7) is 0.156. The fourth-order valence-electron chi connectivity index (χ4n) is 4.07. The molecule has 0 saturated carbocycles. The maximum Gasteiger partial charge on any atom is 0.273 e. The van der Waals surface area contributed by atoms with Gasteiger partial charge in [-0.05, 0) is 53.0 Å². The van der Waals surface area contributed by atoms with Gasteiger partial charge >= 0.3 is 0 Å². The minimum Gasteiger partial charge on any atom is -0.493 e. The van der Waals surface area contributed by atoms with Gasteiger partial charge in [0.15, 0.2) is 17.2 Å². The van der Waals surface area contributed by atoms with Crippen molar-refractivity contribution < 1.29 is 28.2 Å². The van der Waals surface area contributed by atoms with Crippen LogP contribution in [0, 0.1) is 5.82 Å². The van der Waals surface area contributed by atoms with E-state index >= 15 is 0 Å². The highest BCUT2D eigenvalue weighted by molar-refractivity contribution is 7.09. The molecule has 0 fully saturated rings. The van der Waals surface area contributed by atoms with Gasteiger partial charge in [0.2, 0.25) is 5.91 Å². The van der Waals surface area contributed by atoms with Crippen molar-refractivity contribution in [3.8, 4) is 11.5 Å². The van der Waals surface area contributed by atoms with Crippen LogP contribution in [0.1, 0.15) is 37.3 Å². The molecule has 0 aliphatic heterocycles.